The zero-order chi connectivity index (χ0) is 18.5. The highest BCUT2D eigenvalue weighted by atomic mass is 16.2. The van der Waals surface area contributed by atoms with E-state index in [9.17, 15) is 9.59 Å². The minimum Gasteiger partial charge on any atom is -0.340 e. The molecule has 0 aromatic carbocycles. The molecule has 0 saturated heterocycles. The maximum absolute atomic E-state index is 12.8. The van der Waals surface area contributed by atoms with Gasteiger partial charge in [0.05, 0.1) is 6.42 Å². The lowest BCUT2D eigenvalue weighted by atomic mass is 9.93. The maximum Gasteiger partial charge on any atom is 0.255 e. The Morgan fingerprint density at radius 1 is 1.31 bits per heavy atom. The Bertz CT molecular complexity index is 810. The molecular weight excluding hydrogens is 328 g/mol. The number of carbonyl (C=O) groups is 1. The zero-order valence-electron chi connectivity index (χ0n) is 15.5. The van der Waals surface area contributed by atoms with Crippen LogP contribution in [0, 0.1) is 6.92 Å². The fraction of sp³-hybridized carbons (Fsp3) is 0.500. The van der Waals surface area contributed by atoms with Crippen LogP contribution in [0.3, 0.4) is 0 Å². The molecule has 2 aromatic heterocycles. The average Bonchev–Trinajstić information content (AvgIpc) is 2.66. The highest BCUT2D eigenvalue weighted by molar-refractivity contribution is 5.79. The van der Waals surface area contributed by atoms with Gasteiger partial charge in [0, 0.05) is 41.8 Å². The van der Waals surface area contributed by atoms with E-state index < -0.39 is 0 Å². The van der Waals surface area contributed by atoms with E-state index in [-0.39, 0.29) is 17.9 Å². The SMILES string of the molecule is CCN(C(=O)Cc1c(C)nc(-c2cccnc2)[nH]c1=O)C1CCCCC1. The number of nitrogens with zero attached hydrogens (tertiary/aromatic N) is 3. The lowest BCUT2D eigenvalue weighted by Gasteiger charge is -2.33. The molecule has 138 valence electrons. The van der Waals surface area contributed by atoms with Crippen LogP contribution in [0.15, 0.2) is 29.3 Å². The van der Waals surface area contributed by atoms with Gasteiger partial charge in [-0.3, -0.25) is 14.6 Å². The van der Waals surface area contributed by atoms with Crippen LogP contribution < -0.4 is 5.56 Å². The van der Waals surface area contributed by atoms with Crippen molar-refractivity contribution in [2.75, 3.05) is 6.54 Å². The third-order valence-corrected chi connectivity index (χ3v) is 5.16. The summed E-state index contributed by atoms with van der Waals surface area (Å²) < 4.78 is 0. The first-order valence-corrected chi connectivity index (χ1v) is 9.39. The van der Waals surface area contributed by atoms with Gasteiger partial charge in [0.1, 0.15) is 5.82 Å². The van der Waals surface area contributed by atoms with Gasteiger partial charge in [-0.05, 0) is 38.8 Å². The highest BCUT2D eigenvalue weighted by Gasteiger charge is 2.25. The number of rotatable bonds is 5. The quantitative estimate of drug-likeness (QED) is 0.895. The second-order valence-corrected chi connectivity index (χ2v) is 6.87. The molecule has 1 amide bonds. The van der Waals surface area contributed by atoms with Crippen molar-refractivity contribution in [1.29, 1.82) is 0 Å². The van der Waals surface area contributed by atoms with Gasteiger partial charge in [-0.1, -0.05) is 19.3 Å². The Balaban J connectivity index is 1.81. The van der Waals surface area contributed by atoms with Crippen LogP contribution in [0.4, 0.5) is 0 Å². The first-order chi connectivity index (χ1) is 12.6. The fourth-order valence-corrected chi connectivity index (χ4v) is 3.74. The van der Waals surface area contributed by atoms with Gasteiger partial charge in [-0.2, -0.15) is 0 Å². The molecule has 2 aromatic rings. The number of H-pyrrole nitrogens is 1. The monoisotopic (exact) mass is 354 g/mol. The summed E-state index contributed by atoms with van der Waals surface area (Å²) in [5, 5.41) is 0. The Hall–Kier alpha value is -2.50. The maximum atomic E-state index is 12.8. The number of pyridine rings is 1. The Labute approximate surface area is 153 Å². The standard InChI is InChI=1S/C20H26N4O2/c1-3-24(16-9-5-4-6-10-16)18(25)12-17-14(2)22-19(23-20(17)26)15-8-7-11-21-13-15/h7-8,11,13,16H,3-6,9-10,12H2,1-2H3,(H,22,23,26). The van der Waals surface area contributed by atoms with Crippen LogP contribution in [-0.2, 0) is 11.2 Å². The van der Waals surface area contributed by atoms with E-state index in [1.54, 1.807) is 25.4 Å². The van der Waals surface area contributed by atoms with Crippen LogP contribution in [0.2, 0.25) is 0 Å². The van der Waals surface area contributed by atoms with Gasteiger partial charge in [0.15, 0.2) is 0 Å². The number of aromatic nitrogens is 3. The second-order valence-electron chi connectivity index (χ2n) is 6.87. The lowest BCUT2D eigenvalue weighted by molar-refractivity contribution is -0.133. The van der Waals surface area contributed by atoms with Gasteiger partial charge in [-0.15, -0.1) is 0 Å². The third kappa shape index (κ3) is 4.00. The molecule has 2 heterocycles. The van der Waals surface area contributed by atoms with Crippen LogP contribution in [0.25, 0.3) is 11.4 Å². The first kappa shape index (κ1) is 18.3. The predicted octanol–water partition coefficient (Wildman–Crippen LogP) is 2.86. The summed E-state index contributed by atoms with van der Waals surface area (Å²) in [6, 6.07) is 3.95. The normalized spacial score (nSPS) is 15.0. The number of amides is 1. The first-order valence-electron chi connectivity index (χ1n) is 9.39. The molecule has 0 unspecified atom stereocenters. The smallest absolute Gasteiger partial charge is 0.255 e. The topological polar surface area (TPSA) is 79.0 Å². The van der Waals surface area contributed by atoms with Crippen molar-refractivity contribution in [3.8, 4) is 11.4 Å². The number of nitrogens with one attached hydrogen (secondary N) is 1. The van der Waals surface area contributed by atoms with Crippen molar-refractivity contribution in [2.24, 2.45) is 0 Å². The Morgan fingerprint density at radius 2 is 2.08 bits per heavy atom. The van der Waals surface area contributed by atoms with Crippen molar-refractivity contribution in [3.05, 3.63) is 46.1 Å². The van der Waals surface area contributed by atoms with E-state index in [0.29, 0.717) is 29.7 Å². The van der Waals surface area contributed by atoms with E-state index in [4.69, 9.17) is 0 Å². The van der Waals surface area contributed by atoms with E-state index in [1.165, 1.54) is 19.3 Å². The third-order valence-electron chi connectivity index (χ3n) is 5.16. The summed E-state index contributed by atoms with van der Waals surface area (Å²) in [6.45, 7) is 4.48. The molecule has 3 rings (SSSR count). The van der Waals surface area contributed by atoms with Crippen molar-refractivity contribution in [2.45, 2.75) is 58.4 Å². The number of likely N-dealkylation sites (N-methyl/N-ethyl adjacent to an activating group) is 1. The molecule has 1 saturated carbocycles. The summed E-state index contributed by atoms with van der Waals surface area (Å²) in [5.41, 5.74) is 1.56. The number of aryl methyl sites for hydroxylation is 1. The van der Waals surface area contributed by atoms with E-state index in [2.05, 4.69) is 15.0 Å². The predicted molar refractivity (Wildman–Crippen MR) is 101 cm³/mol. The summed E-state index contributed by atoms with van der Waals surface area (Å²) in [6.07, 6.45) is 9.16. The van der Waals surface area contributed by atoms with Crippen molar-refractivity contribution < 1.29 is 4.79 Å². The van der Waals surface area contributed by atoms with Crippen LogP contribution >= 0.6 is 0 Å². The fourth-order valence-electron chi connectivity index (χ4n) is 3.74. The van der Waals surface area contributed by atoms with Crippen LogP contribution in [-0.4, -0.2) is 38.3 Å². The minimum absolute atomic E-state index is 0.0175. The molecule has 26 heavy (non-hydrogen) atoms. The molecule has 0 aliphatic heterocycles. The number of hydrogen-bond donors (Lipinski definition) is 1. The van der Waals surface area contributed by atoms with Gasteiger partial charge in [0.25, 0.3) is 5.56 Å². The average molecular weight is 354 g/mol. The largest absolute Gasteiger partial charge is 0.340 e. The summed E-state index contributed by atoms with van der Waals surface area (Å²) >= 11 is 0. The number of hydrogen-bond acceptors (Lipinski definition) is 4. The highest BCUT2D eigenvalue weighted by Crippen LogP contribution is 2.23. The van der Waals surface area contributed by atoms with Gasteiger partial charge in [-0.25, -0.2) is 4.98 Å². The van der Waals surface area contributed by atoms with Crippen LogP contribution in [0.1, 0.15) is 50.3 Å². The van der Waals surface area contributed by atoms with E-state index in [0.717, 1.165) is 18.4 Å². The Kier molecular flexibility index (Phi) is 5.81. The number of carbonyl (C=O) groups excluding carboxylic acids is 1. The molecule has 0 atom stereocenters. The van der Waals surface area contributed by atoms with Crippen LogP contribution in [0.5, 0.6) is 0 Å². The lowest BCUT2D eigenvalue weighted by Crippen LogP contribution is -2.42. The molecule has 6 heteroatoms. The van der Waals surface area contributed by atoms with Crippen molar-refractivity contribution >= 4 is 5.91 Å². The molecular formula is C20H26N4O2. The van der Waals surface area contributed by atoms with Gasteiger partial charge < -0.3 is 9.88 Å². The van der Waals surface area contributed by atoms with E-state index >= 15 is 0 Å². The molecule has 1 aliphatic rings. The molecule has 0 spiro atoms. The van der Waals surface area contributed by atoms with Crippen molar-refractivity contribution in [3.63, 3.8) is 0 Å². The van der Waals surface area contributed by atoms with E-state index in [1.807, 2.05) is 17.9 Å². The molecule has 0 radical (unpaired) electrons. The zero-order valence-corrected chi connectivity index (χ0v) is 15.5. The molecule has 0 bridgehead atoms. The van der Waals surface area contributed by atoms with Gasteiger partial charge >= 0.3 is 0 Å². The number of aromatic amines is 1. The Morgan fingerprint density at radius 3 is 2.69 bits per heavy atom. The summed E-state index contributed by atoms with van der Waals surface area (Å²) in [7, 11) is 0. The molecule has 1 N–H and O–H groups in total. The second kappa shape index (κ2) is 8.25. The van der Waals surface area contributed by atoms with Gasteiger partial charge in [0.2, 0.25) is 5.91 Å². The summed E-state index contributed by atoms with van der Waals surface area (Å²) in [4.78, 5) is 38.7. The molecule has 1 fully saturated rings. The molecule has 6 nitrogen and oxygen atoms in total. The molecule has 1 aliphatic carbocycles. The summed E-state index contributed by atoms with van der Waals surface area (Å²) in [5.74, 6) is 0.500. The minimum atomic E-state index is -0.246. The van der Waals surface area contributed by atoms with Crippen molar-refractivity contribution in [1.82, 2.24) is 19.9 Å².